The van der Waals surface area contributed by atoms with Crippen molar-refractivity contribution >= 4 is 5.69 Å². The van der Waals surface area contributed by atoms with Gasteiger partial charge in [0.25, 0.3) is 0 Å². The lowest BCUT2D eigenvalue weighted by atomic mass is 10.2. The summed E-state index contributed by atoms with van der Waals surface area (Å²) in [7, 11) is 0. The predicted octanol–water partition coefficient (Wildman–Crippen LogP) is 2.71. The summed E-state index contributed by atoms with van der Waals surface area (Å²) in [6.07, 6.45) is 3.66. The van der Waals surface area contributed by atoms with Crippen LogP contribution < -0.4 is 5.32 Å². The topological polar surface area (TPSA) is 37.8 Å². The molecule has 0 saturated carbocycles. The number of aryl methyl sites for hydroxylation is 2. The van der Waals surface area contributed by atoms with E-state index in [0.717, 1.165) is 23.6 Å². The molecule has 2 heterocycles. The zero-order chi connectivity index (χ0) is 11.4. The zero-order valence-electron chi connectivity index (χ0n) is 9.57. The lowest BCUT2D eigenvalue weighted by Crippen LogP contribution is -2.03. The van der Waals surface area contributed by atoms with E-state index in [9.17, 15) is 0 Å². The lowest BCUT2D eigenvalue weighted by molar-refractivity contribution is 1.01. The van der Waals surface area contributed by atoms with Crippen molar-refractivity contribution < 1.29 is 0 Å². The van der Waals surface area contributed by atoms with Gasteiger partial charge in [0.2, 0.25) is 0 Å². The summed E-state index contributed by atoms with van der Waals surface area (Å²) in [5, 5.41) is 3.30. The van der Waals surface area contributed by atoms with Crippen molar-refractivity contribution in [2.75, 3.05) is 5.32 Å². The third-order valence-electron chi connectivity index (χ3n) is 2.49. The number of nitrogens with one attached hydrogen (secondary N) is 1. The summed E-state index contributed by atoms with van der Waals surface area (Å²) in [6, 6.07) is 8.04. The number of pyridine rings is 2. The van der Waals surface area contributed by atoms with Crippen LogP contribution in [0.25, 0.3) is 0 Å². The molecule has 0 aliphatic heterocycles. The molecule has 16 heavy (non-hydrogen) atoms. The summed E-state index contributed by atoms with van der Waals surface area (Å²) in [5.74, 6) is 0. The average Bonchev–Trinajstić information content (AvgIpc) is 2.30. The van der Waals surface area contributed by atoms with E-state index in [4.69, 9.17) is 0 Å². The summed E-state index contributed by atoms with van der Waals surface area (Å²) in [6.45, 7) is 4.78. The van der Waals surface area contributed by atoms with Gasteiger partial charge < -0.3 is 5.32 Å². The quantitative estimate of drug-likeness (QED) is 0.851. The third-order valence-corrected chi connectivity index (χ3v) is 2.49. The molecule has 3 nitrogen and oxygen atoms in total. The summed E-state index contributed by atoms with van der Waals surface area (Å²) < 4.78 is 0. The molecule has 0 aromatic carbocycles. The summed E-state index contributed by atoms with van der Waals surface area (Å²) in [5.41, 5.74) is 4.33. The smallest absolute Gasteiger partial charge is 0.0623 e. The van der Waals surface area contributed by atoms with Gasteiger partial charge in [-0.3, -0.25) is 9.97 Å². The molecule has 0 aliphatic carbocycles. The Kier molecular flexibility index (Phi) is 3.15. The van der Waals surface area contributed by atoms with Crippen molar-refractivity contribution in [3.05, 3.63) is 53.6 Å². The van der Waals surface area contributed by atoms with Gasteiger partial charge in [-0.05, 0) is 37.6 Å². The third kappa shape index (κ3) is 2.57. The maximum absolute atomic E-state index is 4.33. The molecule has 2 aromatic rings. The first kappa shape index (κ1) is 10.6. The van der Waals surface area contributed by atoms with Gasteiger partial charge in [0.1, 0.15) is 0 Å². The average molecular weight is 213 g/mol. The minimum atomic E-state index is 0.734. The number of nitrogens with zero attached hydrogens (tertiary/aromatic N) is 2. The molecule has 0 atom stereocenters. The number of hydrogen-bond donors (Lipinski definition) is 1. The van der Waals surface area contributed by atoms with Crippen LogP contribution in [0.3, 0.4) is 0 Å². The van der Waals surface area contributed by atoms with Crippen LogP contribution in [0.4, 0.5) is 5.69 Å². The maximum Gasteiger partial charge on any atom is 0.0623 e. The first-order chi connectivity index (χ1) is 7.75. The van der Waals surface area contributed by atoms with E-state index in [-0.39, 0.29) is 0 Å². The molecule has 0 saturated heterocycles. The second-order valence-corrected chi connectivity index (χ2v) is 3.81. The van der Waals surface area contributed by atoms with Gasteiger partial charge in [0, 0.05) is 11.9 Å². The maximum atomic E-state index is 4.33. The second kappa shape index (κ2) is 4.75. The predicted molar refractivity (Wildman–Crippen MR) is 65.3 cm³/mol. The number of rotatable bonds is 3. The molecule has 1 N–H and O–H groups in total. The monoisotopic (exact) mass is 213 g/mol. The summed E-state index contributed by atoms with van der Waals surface area (Å²) in [4.78, 5) is 8.56. The van der Waals surface area contributed by atoms with Crippen LogP contribution in [0.1, 0.15) is 17.0 Å². The van der Waals surface area contributed by atoms with E-state index in [2.05, 4.69) is 28.3 Å². The van der Waals surface area contributed by atoms with E-state index < -0.39 is 0 Å². The lowest BCUT2D eigenvalue weighted by Gasteiger charge is -2.07. The highest BCUT2D eigenvalue weighted by atomic mass is 14.9. The molecule has 0 fully saturated rings. The van der Waals surface area contributed by atoms with E-state index in [1.54, 1.807) is 0 Å². The Labute approximate surface area is 95.6 Å². The van der Waals surface area contributed by atoms with Gasteiger partial charge in [-0.15, -0.1) is 0 Å². The fraction of sp³-hybridized carbons (Fsp3) is 0.231. The van der Waals surface area contributed by atoms with Crippen molar-refractivity contribution in [3.8, 4) is 0 Å². The normalized spacial score (nSPS) is 10.1. The number of aromatic nitrogens is 2. The Bertz CT molecular complexity index is 463. The van der Waals surface area contributed by atoms with Crippen molar-refractivity contribution in [2.24, 2.45) is 0 Å². The molecule has 0 radical (unpaired) electrons. The van der Waals surface area contributed by atoms with Gasteiger partial charge >= 0.3 is 0 Å². The molecular weight excluding hydrogens is 198 g/mol. The fourth-order valence-electron chi connectivity index (χ4n) is 1.46. The number of hydrogen-bond acceptors (Lipinski definition) is 3. The molecule has 2 rings (SSSR count). The van der Waals surface area contributed by atoms with Crippen molar-refractivity contribution in [1.82, 2.24) is 9.97 Å². The Morgan fingerprint density at radius 1 is 1.12 bits per heavy atom. The molecule has 0 aliphatic rings. The van der Waals surface area contributed by atoms with Gasteiger partial charge in [0.05, 0.1) is 24.1 Å². The van der Waals surface area contributed by atoms with Gasteiger partial charge in [-0.1, -0.05) is 6.07 Å². The van der Waals surface area contributed by atoms with E-state index in [1.807, 2.05) is 37.5 Å². The largest absolute Gasteiger partial charge is 0.378 e. The van der Waals surface area contributed by atoms with Crippen LogP contribution in [0, 0.1) is 13.8 Å². The van der Waals surface area contributed by atoms with Crippen molar-refractivity contribution in [3.63, 3.8) is 0 Å². The molecule has 0 amide bonds. The molecule has 0 unspecified atom stereocenters. The van der Waals surface area contributed by atoms with Crippen molar-refractivity contribution in [2.45, 2.75) is 20.4 Å². The van der Waals surface area contributed by atoms with Crippen molar-refractivity contribution in [1.29, 1.82) is 0 Å². The summed E-state index contributed by atoms with van der Waals surface area (Å²) >= 11 is 0. The van der Waals surface area contributed by atoms with Crippen LogP contribution in [-0.4, -0.2) is 9.97 Å². The number of anilines is 1. The van der Waals surface area contributed by atoms with E-state index in [0.29, 0.717) is 0 Å². The van der Waals surface area contributed by atoms with Crippen LogP contribution in [0.2, 0.25) is 0 Å². The highest BCUT2D eigenvalue weighted by Gasteiger charge is 1.98. The van der Waals surface area contributed by atoms with Gasteiger partial charge in [-0.25, -0.2) is 0 Å². The molecular formula is C13H15N3. The first-order valence-corrected chi connectivity index (χ1v) is 5.33. The Morgan fingerprint density at radius 2 is 2.00 bits per heavy atom. The molecule has 3 heteroatoms. The van der Waals surface area contributed by atoms with Crippen LogP contribution in [-0.2, 0) is 6.54 Å². The van der Waals surface area contributed by atoms with Crippen LogP contribution in [0.5, 0.6) is 0 Å². The fourth-order valence-corrected chi connectivity index (χ4v) is 1.46. The minimum absolute atomic E-state index is 0.734. The molecule has 82 valence electrons. The molecule has 0 bridgehead atoms. The highest BCUT2D eigenvalue weighted by molar-refractivity contribution is 5.41. The first-order valence-electron chi connectivity index (χ1n) is 5.33. The van der Waals surface area contributed by atoms with Crippen LogP contribution in [0.15, 0.2) is 36.7 Å². The Balaban J connectivity index is 2.02. The standard InChI is InChI=1S/C13H15N3/c1-10-4-3-7-14-13(10)9-16-12-6-5-11(2)15-8-12/h3-8,16H,9H2,1-2H3. The molecule has 0 spiro atoms. The molecule has 2 aromatic heterocycles. The van der Waals surface area contributed by atoms with Crippen LogP contribution >= 0.6 is 0 Å². The highest BCUT2D eigenvalue weighted by Crippen LogP contribution is 2.09. The minimum Gasteiger partial charge on any atom is -0.378 e. The SMILES string of the molecule is Cc1ccc(NCc2ncccc2C)cn1. The van der Waals surface area contributed by atoms with E-state index in [1.165, 1.54) is 5.56 Å². The second-order valence-electron chi connectivity index (χ2n) is 3.81. The van der Waals surface area contributed by atoms with Gasteiger partial charge in [-0.2, -0.15) is 0 Å². The Morgan fingerprint density at radius 3 is 2.69 bits per heavy atom. The zero-order valence-corrected chi connectivity index (χ0v) is 9.57. The van der Waals surface area contributed by atoms with Gasteiger partial charge in [0.15, 0.2) is 0 Å². The van der Waals surface area contributed by atoms with E-state index >= 15 is 0 Å². The Hall–Kier alpha value is -1.90.